The molecular formula is C17H14ClNO2. The highest BCUT2D eigenvalue weighted by atomic mass is 35.5. The molecule has 0 aromatic heterocycles. The summed E-state index contributed by atoms with van der Waals surface area (Å²) >= 11 is 5.96. The molecule has 1 N–H and O–H groups in total. The van der Waals surface area contributed by atoms with Crippen LogP contribution in [-0.4, -0.2) is 17.6 Å². The molecule has 0 heterocycles. The molecule has 3 nitrogen and oxygen atoms in total. The first kappa shape index (κ1) is 13.8. The number of halogens is 1. The average molecular weight is 300 g/mol. The van der Waals surface area contributed by atoms with Gasteiger partial charge < -0.3 is 5.32 Å². The number of carbonyl (C=O) groups excluding carboxylic acids is 2. The molecule has 3 rings (SSSR count). The predicted octanol–water partition coefficient (Wildman–Crippen LogP) is 3.94. The molecule has 2 aromatic carbocycles. The maximum atomic E-state index is 12.8. The molecule has 4 heteroatoms. The maximum Gasteiger partial charge on any atom is 0.196 e. The van der Waals surface area contributed by atoms with Gasteiger partial charge in [0.2, 0.25) is 0 Å². The molecule has 0 spiro atoms. The number of benzene rings is 2. The van der Waals surface area contributed by atoms with E-state index in [0.29, 0.717) is 33.0 Å². The van der Waals surface area contributed by atoms with Gasteiger partial charge in [-0.3, -0.25) is 9.59 Å². The molecule has 0 bridgehead atoms. The van der Waals surface area contributed by atoms with Crippen molar-refractivity contribution in [2.24, 2.45) is 0 Å². The molecule has 0 amide bonds. The Morgan fingerprint density at radius 1 is 0.952 bits per heavy atom. The molecule has 0 saturated carbocycles. The zero-order valence-electron chi connectivity index (χ0n) is 11.7. The van der Waals surface area contributed by atoms with Gasteiger partial charge in [0, 0.05) is 33.4 Å². The zero-order chi connectivity index (χ0) is 15.1. The van der Waals surface area contributed by atoms with Crippen LogP contribution in [0.4, 0.5) is 5.69 Å². The van der Waals surface area contributed by atoms with Crippen LogP contribution in [0.1, 0.15) is 45.7 Å². The van der Waals surface area contributed by atoms with Crippen LogP contribution in [-0.2, 0) is 0 Å². The first-order chi connectivity index (χ1) is 9.99. The van der Waals surface area contributed by atoms with Crippen molar-refractivity contribution in [3.05, 3.63) is 63.7 Å². The van der Waals surface area contributed by atoms with Gasteiger partial charge in [-0.05, 0) is 38.1 Å². The number of ketones is 2. The lowest BCUT2D eigenvalue weighted by Gasteiger charge is -2.22. The minimum Gasteiger partial charge on any atom is -0.382 e. The molecule has 1 aliphatic rings. The number of carbonyl (C=O) groups is 2. The Morgan fingerprint density at radius 2 is 1.71 bits per heavy atom. The minimum atomic E-state index is -0.161. The second-order valence-electron chi connectivity index (χ2n) is 5.38. The summed E-state index contributed by atoms with van der Waals surface area (Å²) in [7, 11) is 0. The van der Waals surface area contributed by atoms with Gasteiger partial charge in [-0.15, -0.1) is 0 Å². The number of hydrogen-bond acceptors (Lipinski definition) is 3. The Balaban J connectivity index is 2.23. The summed E-state index contributed by atoms with van der Waals surface area (Å²) in [4.78, 5) is 25.3. The van der Waals surface area contributed by atoms with Crippen molar-refractivity contribution in [3.8, 4) is 0 Å². The normalized spacial score (nSPS) is 13.1. The van der Waals surface area contributed by atoms with E-state index in [-0.39, 0.29) is 17.6 Å². The van der Waals surface area contributed by atoms with Crippen LogP contribution in [0.5, 0.6) is 0 Å². The number of rotatable bonds is 2. The van der Waals surface area contributed by atoms with Crippen LogP contribution in [0.25, 0.3) is 0 Å². The van der Waals surface area contributed by atoms with Crippen molar-refractivity contribution in [1.82, 2.24) is 0 Å². The Hall–Kier alpha value is -2.13. The fraction of sp³-hybridized carbons (Fsp3) is 0.176. The summed E-state index contributed by atoms with van der Waals surface area (Å²) in [6.07, 6.45) is 0. The van der Waals surface area contributed by atoms with Crippen molar-refractivity contribution >= 4 is 28.9 Å². The van der Waals surface area contributed by atoms with Gasteiger partial charge in [0.25, 0.3) is 0 Å². The quantitative estimate of drug-likeness (QED) is 0.779. The van der Waals surface area contributed by atoms with Crippen LogP contribution in [0.3, 0.4) is 0 Å². The molecular weight excluding hydrogens is 286 g/mol. The lowest BCUT2D eigenvalue weighted by molar-refractivity contribution is 0.0979. The highest BCUT2D eigenvalue weighted by Crippen LogP contribution is 2.33. The number of nitrogens with one attached hydrogen (secondary N) is 1. The third kappa shape index (κ3) is 2.24. The number of fused-ring (bicyclic) bond motifs is 2. The molecule has 0 radical (unpaired) electrons. The smallest absolute Gasteiger partial charge is 0.196 e. The van der Waals surface area contributed by atoms with E-state index >= 15 is 0 Å². The Labute approximate surface area is 127 Å². The monoisotopic (exact) mass is 299 g/mol. The second kappa shape index (κ2) is 5.01. The van der Waals surface area contributed by atoms with Gasteiger partial charge in [-0.1, -0.05) is 23.7 Å². The van der Waals surface area contributed by atoms with Gasteiger partial charge in [-0.25, -0.2) is 0 Å². The van der Waals surface area contributed by atoms with E-state index in [1.807, 2.05) is 19.9 Å². The summed E-state index contributed by atoms with van der Waals surface area (Å²) in [6.45, 7) is 3.97. The van der Waals surface area contributed by atoms with E-state index in [1.165, 1.54) is 0 Å². The first-order valence-corrected chi connectivity index (χ1v) is 7.15. The SMILES string of the molecule is CC(C)Nc1cccc2c1C(=O)c1cc(Cl)ccc1C2=O. The van der Waals surface area contributed by atoms with E-state index in [2.05, 4.69) is 5.32 Å². The largest absolute Gasteiger partial charge is 0.382 e. The van der Waals surface area contributed by atoms with Crippen LogP contribution in [0.2, 0.25) is 5.02 Å². The highest BCUT2D eigenvalue weighted by Gasteiger charge is 2.31. The van der Waals surface area contributed by atoms with E-state index < -0.39 is 0 Å². The highest BCUT2D eigenvalue weighted by molar-refractivity contribution is 6.34. The molecule has 106 valence electrons. The van der Waals surface area contributed by atoms with Gasteiger partial charge in [0.1, 0.15) is 0 Å². The molecule has 0 atom stereocenters. The minimum absolute atomic E-state index is 0.135. The number of hydrogen-bond donors (Lipinski definition) is 1. The third-order valence-corrected chi connectivity index (χ3v) is 3.69. The Kier molecular flexibility index (Phi) is 3.30. The summed E-state index contributed by atoms with van der Waals surface area (Å²) in [6, 6.07) is 10.3. The van der Waals surface area contributed by atoms with Crippen molar-refractivity contribution in [2.75, 3.05) is 5.32 Å². The summed E-state index contributed by atoms with van der Waals surface area (Å²) in [5.41, 5.74) is 2.36. The van der Waals surface area contributed by atoms with E-state index in [4.69, 9.17) is 11.6 Å². The third-order valence-electron chi connectivity index (χ3n) is 3.45. The van der Waals surface area contributed by atoms with Gasteiger partial charge >= 0.3 is 0 Å². The van der Waals surface area contributed by atoms with Crippen LogP contribution >= 0.6 is 11.6 Å². The number of anilines is 1. The second-order valence-corrected chi connectivity index (χ2v) is 5.81. The average Bonchev–Trinajstić information content (AvgIpc) is 2.44. The molecule has 0 unspecified atom stereocenters. The topological polar surface area (TPSA) is 46.2 Å². The molecule has 21 heavy (non-hydrogen) atoms. The van der Waals surface area contributed by atoms with Gasteiger partial charge in [0.15, 0.2) is 11.6 Å². The Bertz CT molecular complexity index is 765. The van der Waals surface area contributed by atoms with Crippen molar-refractivity contribution < 1.29 is 9.59 Å². The van der Waals surface area contributed by atoms with Crippen molar-refractivity contribution in [1.29, 1.82) is 0 Å². The fourth-order valence-corrected chi connectivity index (χ4v) is 2.77. The van der Waals surface area contributed by atoms with E-state index in [9.17, 15) is 9.59 Å². The van der Waals surface area contributed by atoms with Crippen LogP contribution < -0.4 is 5.32 Å². The molecule has 0 aliphatic heterocycles. The standard InChI is InChI=1S/C17H14ClNO2/c1-9(2)19-14-5-3-4-12-15(14)17(21)13-8-10(18)6-7-11(13)16(12)20/h3-9,19H,1-2H3. The van der Waals surface area contributed by atoms with Gasteiger partial charge in [0.05, 0.1) is 5.56 Å². The van der Waals surface area contributed by atoms with Gasteiger partial charge in [-0.2, -0.15) is 0 Å². The zero-order valence-corrected chi connectivity index (χ0v) is 12.5. The molecule has 0 saturated heterocycles. The summed E-state index contributed by atoms with van der Waals surface area (Å²) in [5, 5.41) is 3.67. The van der Waals surface area contributed by atoms with Crippen LogP contribution in [0, 0.1) is 0 Å². The lowest BCUT2D eigenvalue weighted by atomic mass is 9.83. The predicted molar refractivity (Wildman–Crippen MR) is 83.5 cm³/mol. The van der Waals surface area contributed by atoms with E-state index in [0.717, 1.165) is 0 Å². The Morgan fingerprint density at radius 3 is 2.43 bits per heavy atom. The first-order valence-electron chi connectivity index (χ1n) is 6.77. The molecule has 0 fully saturated rings. The van der Waals surface area contributed by atoms with Crippen molar-refractivity contribution in [2.45, 2.75) is 19.9 Å². The fourth-order valence-electron chi connectivity index (χ4n) is 2.60. The van der Waals surface area contributed by atoms with Crippen molar-refractivity contribution in [3.63, 3.8) is 0 Å². The molecule has 2 aromatic rings. The molecule has 1 aliphatic carbocycles. The lowest BCUT2D eigenvalue weighted by Crippen LogP contribution is -2.23. The summed E-state index contributed by atoms with van der Waals surface area (Å²) < 4.78 is 0. The maximum absolute atomic E-state index is 12.8. The van der Waals surface area contributed by atoms with E-state index in [1.54, 1.807) is 30.3 Å². The van der Waals surface area contributed by atoms with Crippen LogP contribution in [0.15, 0.2) is 36.4 Å². The summed E-state index contributed by atoms with van der Waals surface area (Å²) in [5.74, 6) is -0.297.